The number of anilines is 2. The highest BCUT2D eigenvalue weighted by Crippen LogP contribution is 2.35. The van der Waals surface area contributed by atoms with Gasteiger partial charge in [-0.3, -0.25) is 9.59 Å². The lowest BCUT2D eigenvalue weighted by molar-refractivity contribution is -0.136. The fourth-order valence-electron chi connectivity index (χ4n) is 3.50. The number of carboxylic acids is 1. The first-order valence-electron chi connectivity index (χ1n) is 8.84. The van der Waals surface area contributed by atoms with Gasteiger partial charge in [-0.05, 0) is 30.0 Å². The number of aromatic nitrogens is 1. The Morgan fingerprint density at radius 1 is 1.27 bits per heavy atom. The Hall–Kier alpha value is -2.41. The summed E-state index contributed by atoms with van der Waals surface area (Å²) in [6, 6.07) is 7.45. The summed E-state index contributed by atoms with van der Waals surface area (Å²) >= 11 is 1.25. The zero-order valence-electron chi connectivity index (χ0n) is 14.5. The summed E-state index contributed by atoms with van der Waals surface area (Å²) in [5.74, 6) is -0.736. The number of carboxylic acid groups (broad SMARTS) is 1. The molecular formula is C19H23N3O3S. The number of carbonyl (C=O) groups is 2. The minimum absolute atomic E-state index is 0.0992. The van der Waals surface area contributed by atoms with Gasteiger partial charge in [0, 0.05) is 11.1 Å². The number of aliphatic carboxylic acids is 1. The van der Waals surface area contributed by atoms with Crippen LogP contribution in [0.5, 0.6) is 0 Å². The van der Waals surface area contributed by atoms with E-state index in [1.165, 1.54) is 37.0 Å². The van der Waals surface area contributed by atoms with Gasteiger partial charge in [0.1, 0.15) is 0 Å². The van der Waals surface area contributed by atoms with Crippen molar-refractivity contribution in [2.24, 2.45) is 5.92 Å². The summed E-state index contributed by atoms with van der Waals surface area (Å²) in [6.07, 6.45) is 5.45. The van der Waals surface area contributed by atoms with Gasteiger partial charge >= 0.3 is 5.97 Å². The summed E-state index contributed by atoms with van der Waals surface area (Å²) in [6.45, 7) is 0. The van der Waals surface area contributed by atoms with Crippen LogP contribution in [-0.2, 0) is 16.0 Å². The number of carbonyl (C=O) groups excluding carboxylic acids is 1. The second kappa shape index (κ2) is 8.31. The minimum Gasteiger partial charge on any atom is -0.481 e. The molecule has 1 amide bonds. The van der Waals surface area contributed by atoms with E-state index in [1.54, 1.807) is 5.38 Å². The van der Waals surface area contributed by atoms with E-state index < -0.39 is 5.97 Å². The van der Waals surface area contributed by atoms with Gasteiger partial charge in [0.25, 0.3) is 0 Å². The molecule has 7 heteroatoms. The number of amides is 1. The van der Waals surface area contributed by atoms with E-state index in [1.807, 2.05) is 24.3 Å². The molecule has 0 bridgehead atoms. The number of rotatable bonds is 7. The van der Waals surface area contributed by atoms with E-state index in [0.717, 1.165) is 12.0 Å². The SMILES string of the molecule is Nc1ccc(C(CC2CCCC2)C(=O)Nc2nc(CC(=O)O)cs2)cc1. The maximum atomic E-state index is 12.9. The molecule has 3 rings (SSSR count). The minimum atomic E-state index is -0.936. The number of benzene rings is 1. The van der Waals surface area contributed by atoms with Crippen LogP contribution in [0.4, 0.5) is 10.8 Å². The molecule has 0 radical (unpaired) electrons. The van der Waals surface area contributed by atoms with Crippen molar-refractivity contribution < 1.29 is 14.7 Å². The summed E-state index contributed by atoms with van der Waals surface area (Å²) < 4.78 is 0. The lowest BCUT2D eigenvalue weighted by Gasteiger charge is -2.20. The number of nitrogens with zero attached hydrogens (tertiary/aromatic N) is 1. The van der Waals surface area contributed by atoms with Crippen LogP contribution in [0, 0.1) is 5.92 Å². The second-order valence-electron chi connectivity index (χ2n) is 6.81. The molecule has 1 aromatic heterocycles. The molecule has 1 heterocycles. The number of thiazole rings is 1. The Bertz CT molecular complexity index is 767. The Labute approximate surface area is 156 Å². The van der Waals surface area contributed by atoms with E-state index in [0.29, 0.717) is 22.4 Å². The smallest absolute Gasteiger partial charge is 0.309 e. The maximum absolute atomic E-state index is 12.9. The molecule has 1 saturated carbocycles. The molecule has 1 aromatic carbocycles. The van der Waals surface area contributed by atoms with Gasteiger partial charge in [0.2, 0.25) is 5.91 Å². The zero-order valence-corrected chi connectivity index (χ0v) is 15.3. The van der Waals surface area contributed by atoms with Crippen LogP contribution in [0.25, 0.3) is 0 Å². The van der Waals surface area contributed by atoms with Gasteiger partial charge in [0.15, 0.2) is 5.13 Å². The summed E-state index contributed by atoms with van der Waals surface area (Å²) in [5, 5.41) is 13.8. The van der Waals surface area contributed by atoms with E-state index >= 15 is 0 Å². The van der Waals surface area contributed by atoms with Crippen LogP contribution in [0.15, 0.2) is 29.6 Å². The van der Waals surface area contributed by atoms with Crippen molar-refractivity contribution >= 4 is 34.0 Å². The first-order valence-corrected chi connectivity index (χ1v) is 9.71. The Morgan fingerprint density at radius 3 is 2.62 bits per heavy atom. The molecule has 1 fully saturated rings. The van der Waals surface area contributed by atoms with Gasteiger partial charge < -0.3 is 16.2 Å². The molecule has 4 N–H and O–H groups in total. The van der Waals surface area contributed by atoms with Crippen molar-refractivity contribution in [3.8, 4) is 0 Å². The van der Waals surface area contributed by atoms with Crippen molar-refractivity contribution in [2.45, 2.75) is 44.4 Å². The van der Waals surface area contributed by atoms with E-state index in [4.69, 9.17) is 10.8 Å². The number of nitrogen functional groups attached to an aromatic ring is 1. The largest absolute Gasteiger partial charge is 0.481 e. The Kier molecular flexibility index (Phi) is 5.88. The van der Waals surface area contributed by atoms with Crippen molar-refractivity contribution in [1.82, 2.24) is 4.98 Å². The lowest BCUT2D eigenvalue weighted by Crippen LogP contribution is -2.23. The summed E-state index contributed by atoms with van der Waals surface area (Å²) in [5.41, 5.74) is 7.85. The van der Waals surface area contributed by atoms with E-state index in [-0.39, 0.29) is 18.2 Å². The number of hydrogen-bond donors (Lipinski definition) is 3. The molecule has 2 aromatic rings. The Morgan fingerprint density at radius 2 is 1.96 bits per heavy atom. The Balaban J connectivity index is 1.74. The average molecular weight is 373 g/mol. The van der Waals surface area contributed by atoms with Crippen molar-refractivity contribution in [3.05, 3.63) is 40.9 Å². The third kappa shape index (κ3) is 4.82. The topological polar surface area (TPSA) is 105 Å². The molecule has 26 heavy (non-hydrogen) atoms. The molecule has 0 spiro atoms. The van der Waals surface area contributed by atoms with Gasteiger partial charge in [-0.2, -0.15) is 0 Å². The van der Waals surface area contributed by atoms with Crippen LogP contribution in [0.3, 0.4) is 0 Å². The highest BCUT2D eigenvalue weighted by Gasteiger charge is 2.27. The third-order valence-corrected chi connectivity index (χ3v) is 5.62. The van der Waals surface area contributed by atoms with Crippen molar-refractivity contribution in [3.63, 3.8) is 0 Å². The van der Waals surface area contributed by atoms with Crippen LogP contribution in [0.1, 0.15) is 49.3 Å². The molecule has 1 unspecified atom stereocenters. The van der Waals surface area contributed by atoms with Crippen LogP contribution >= 0.6 is 11.3 Å². The first kappa shape index (κ1) is 18.4. The van der Waals surface area contributed by atoms with Crippen LogP contribution in [0.2, 0.25) is 0 Å². The van der Waals surface area contributed by atoms with Crippen molar-refractivity contribution in [2.75, 3.05) is 11.1 Å². The number of nitrogens with one attached hydrogen (secondary N) is 1. The highest BCUT2D eigenvalue weighted by atomic mass is 32.1. The molecular weight excluding hydrogens is 350 g/mol. The third-order valence-electron chi connectivity index (χ3n) is 4.81. The quantitative estimate of drug-likeness (QED) is 0.642. The summed E-state index contributed by atoms with van der Waals surface area (Å²) in [7, 11) is 0. The molecule has 0 saturated heterocycles. The second-order valence-corrected chi connectivity index (χ2v) is 7.67. The summed E-state index contributed by atoms with van der Waals surface area (Å²) in [4.78, 5) is 27.9. The molecule has 6 nitrogen and oxygen atoms in total. The van der Waals surface area contributed by atoms with E-state index in [9.17, 15) is 9.59 Å². The van der Waals surface area contributed by atoms with Crippen LogP contribution in [-0.4, -0.2) is 22.0 Å². The predicted octanol–water partition coefficient (Wildman–Crippen LogP) is 3.66. The van der Waals surface area contributed by atoms with E-state index in [2.05, 4.69) is 10.3 Å². The molecule has 0 aliphatic heterocycles. The average Bonchev–Trinajstić information content (AvgIpc) is 3.25. The maximum Gasteiger partial charge on any atom is 0.309 e. The fraction of sp³-hybridized carbons (Fsp3) is 0.421. The van der Waals surface area contributed by atoms with Gasteiger partial charge in [0.05, 0.1) is 18.0 Å². The fourth-order valence-corrected chi connectivity index (χ4v) is 4.21. The number of nitrogens with two attached hydrogens (primary N) is 1. The van der Waals surface area contributed by atoms with Crippen molar-refractivity contribution in [1.29, 1.82) is 0 Å². The zero-order chi connectivity index (χ0) is 18.5. The molecule has 1 atom stereocenters. The first-order chi connectivity index (χ1) is 12.5. The molecule has 1 aliphatic rings. The van der Waals surface area contributed by atoms with Gasteiger partial charge in [-0.1, -0.05) is 37.8 Å². The lowest BCUT2D eigenvalue weighted by atomic mass is 9.87. The predicted molar refractivity (Wildman–Crippen MR) is 102 cm³/mol. The molecule has 1 aliphatic carbocycles. The van der Waals surface area contributed by atoms with Crippen LogP contribution < -0.4 is 11.1 Å². The van der Waals surface area contributed by atoms with Gasteiger partial charge in [-0.15, -0.1) is 11.3 Å². The standard InChI is InChI=1S/C19H23N3O3S/c20-14-7-5-13(6-8-14)16(9-12-3-1-2-4-12)18(25)22-19-21-15(11-26-19)10-17(23)24/h5-8,11-12,16H,1-4,9-10,20H2,(H,23,24)(H,21,22,25). The highest BCUT2D eigenvalue weighted by molar-refractivity contribution is 7.13. The number of hydrogen-bond acceptors (Lipinski definition) is 5. The normalized spacial score (nSPS) is 15.7. The van der Waals surface area contributed by atoms with Gasteiger partial charge in [-0.25, -0.2) is 4.98 Å². The monoisotopic (exact) mass is 373 g/mol. The molecule has 138 valence electrons.